The van der Waals surface area contributed by atoms with Crippen molar-refractivity contribution in [3.63, 3.8) is 0 Å². The second kappa shape index (κ2) is 16.5. The van der Waals surface area contributed by atoms with Crippen LogP contribution >= 0.6 is 0 Å². The summed E-state index contributed by atoms with van der Waals surface area (Å²) in [4.78, 5) is 0. The second-order valence-electron chi connectivity index (χ2n) is 7.65. The molecule has 5 heteroatoms. The Morgan fingerprint density at radius 2 is 1.56 bits per heavy atom. The molecular weight excluding hydrogens is 344 g/mol. The van der Waals surface area contributed by atoms with E-state index >= 15 is 0 Å². The van der Waals surface area contributed by atoms with Crippen molar-refractivity contribution in [1.82, 2.24) is 0 Å². The molecule has 1 rings (SSSR count). The van der Waals surface area contributed by atoms with Gasteiger partial charge in [0.1, 0.15) is 24.4 Å². The number of hydrogen-bond donors (Lipinski definition) is 3. The minimum atomic E-state index is -1.05. The van der Waals surface area contributed by atoms with Crippen molar-refractivity contribution in [2.24, 2.45) is 0 Å². The summed E-state index contributed by atoms with van der Waals surface area (Å²) in [6, 6.07) is 0. The summed E-state index contributed by atoms with van der Waals surface area (Å²) in [6.07, 6.45) is 16.7. The molecule has 0 radical (unpaired) electrons. The molecule has 0 bridgehead atoms. The first-order valence-corrected chi connectivity index (χ1v) is 11.1. The van der Waals surface area contributed by atoms with Crippen molar-refractivity contribution in [2.75, 3.05) is 19.8 Å². The van der Waals surface area contributed by atoms with E-state index in [-0.39, 0.29) is 6.61 Å². The summed E-state index contributed by atoms with van der Waals surface area (Å²) in [5, 5.41) is 28.5. The summed E-state index contributed by atoms with van der Waals surface area (Å²) >= 11 is 0. The van der Waals surface area contributed by atoms with Gasteiger partial charge in [0, 0.05) is 6.61 Å². The number of hydrogen-bond acceptors (Lipinski definition) is 5. The van der Waals surface area contributed by atoms with E-state index in [0.717, 1.165) is 19.3 Å². The molecule has 0 saturated carbocycles. The highest BCUT2D eigenvalue weighted by Crippen LogP contribution is 2.20. The Balaban J connectivity index is 1.84. The quantitative estimate of drug-likeness (QED) is 0.262. The van der Waals surface area contributed by atoms with Crippen LogP contribution < -0.4 is 0 Å². The number of unbranched alkanes of at least 4 members (excludes halogenated alkanes) is 10. The van der Waals surface area contributed by atoms with Gasteiger partial charge in [-0.25, -0.2) is 0 Å². The molecule has 27 heavy (non-hydrogen) atoms. The fourth-order valence-electron chi connectivity index (χ4n) is 3.50. The summed E-state index contributed by atoms with van der Waals surface area (Å²) < 4.78 is 11.0. The number of ether oxygens (including phenoxy) is 2. The largest absolute Gasteiger partial charge is 0.394 e. The lowest BCUT2D eigenvalue weighted by Crippen LogP contribution is -2.41. The first kappa shape index (κ1) is 24.6. The van der Waals surface area contributed by atoms with E-state index in [2.05, 4.69) is 19.1 Å². The molecule has 1 aliphatic heterocycles. The van der Waals surface area contributed by atoms with Gasteiger partial charge in [-0.15, -0.1) is 0 Å². The fourth-order valence-corrected chi connectivity index (χ4v) is 3.50. The average Bonchev–Trinajstić information content (AvgIpc) is 3.04. The smallest absolute Gasteiger partial charge is 0.114 e. The zero-order valence-electron chi connectivity index (χ0n) is 17.2. The van der Waals surface area contributed by atoms with Gasteiger partial charge in [0.25, 0.3) is 0 Å². The van der Waals surface area contributed by atoms with Crippen molar-refractivity contribution in [3.05, 3.63) is 12.2 Å². The van der Waals surface area contributed by atoms with Gasteiger partial charge in [0.15, 0.2) is 0 Å². The van der Waals surface area contributed by atoms with Crippen LogP contribution in [0.4, 0.5) is 0 Å². The molecular formula is C22H42O5. The molecule has 3 N–H and O–H groups in total. The van der Waals surface area contributed by atoms with E-state index in [0.29, 0.717) is 6.61 Å². The van der Waals surface area contributed by atoms with E-state index in [9.17, 15) is 10.2 Å². The highest BCUT2D eigenvalue weighted by atomic mass is 16.6. The fraction of sp³-hybridized carbons (Fsp3) is 0.909. The van der Waals surface area contributed by atoms with Gasteiger partial charge >= 0.3 is 0 Å². The van der Waals surface area contributed by atoms with Gasteiger partial charge in [0.2, 0.25) is 0 Å². The minimum absolute atomic E-state index is 0.276. The Morgan fingerprint density at radius 1 is 0.963 bits per heavy atom. The molecule has 0 aliphatic carbocycles. The van der Waals surface area contributed by atoms with Gasteiger partial charge < -0.3 is 24.8 Å². The molecule has 0 aromatic carbocycles. The van der Waals surface area contributed by atoms with Gasteiger partial charge in [-0.2, -0.15) is 0 Å². The molecule has 1 saturated heterocycles. The molecule has 160 valence electrons. The number of rotatable bonds is 17. The zero-order valence-corrected chi connectivity index (χ0v) is 17.2. The van der Waals surface area contributed by atoms with E-state index < -0.39 is 31.0 Å². The number of aliphatic hydroxyl groups excluding tert-OH is 3. The van der Waals surface area contributed by atoms with Gasteiger partial charge in [-0.05, 0) is 25.7 Å². The molecule has 0 aromatic rings. The maximum Gasteiger partial charge on any atom is 0.114 e. The molecule has 0 amide bonds. The van der Waals surface area contributed by atoms with E-state index in [1.165, 1.54) is 57.8 Å². The molecule has 1 aliphatic rings. The molecule has 0 aromatic heterocycles. The summed E-state index contributed by atoms with van der Waals surface area (Å²) in [5.41, 5.74) is 0. The van der Waals surface area contributed by atoms with Gasteiger partial charge in [-0.3, -0.25) is 0 Å². The lowest BCUT2D eigenvalue weighted by molar-refractivity contribution is -0.0730. The van der Waals surface area contributed by atoms with Crippen LogP contribution in [0.25, 0.3) is 0 Å². The summed E-state index contributed by atoms with van der Waals surface area (Å²) in [6.45, 7) is 2.65. The van der Waals surface area contributed by atoms with Crippen LogP contribution in [-0.2, 0) is 9.47 Å². The predicted molar refractivity (Wildman–Crippen MR) is 109 cm³/mol. The predicted octanol–water partition coefficient (Wildman–Crippen LogP) is 3.74. The third-order valence-corrected chi connectivity index (χ3v) is 5.24. The zero-order chi connectivity index (χ0) is 19.7. The lowest BCUT2D eigenvalue weighted by Gasteiger charge is -2.20. The van der Waals surface area contributed by atoms with E-state index in [4.69, 9.17) is 14.6 Å². The molecule has 5 nitrogen and oxygen atoms in total. The monoisotopic (exact) mass is 386 g/mol. The van der Waals surface area contributed by atoms with E-state index in [1.54, 1.807) is 0 Å². The molecule has 0 unspecified atom stereocenters. The van der Waals surface area contributed by atoms with E-state index in [1.807, 2.05) is 0 Å². The van der Waals surface area contributed by atoms with Crippen LogP contribution in [0.15, 0.2) is 12.2 Å². The van der Waals surface area contributed by atoms with Gasteiger partial charge in [-0.1, -0.05) is 70.4 Å². The molecule has 4 atom stereocenters. The van der Waals surface area contributed by atoms with Crippen molar-refractivity contribution < 1.29 is 24.8 Å². The maximum atomic E-state index is 10.0. The summed E-state index contributed by atoms with van der Waals surface area (Å²) in [5.74, 6) is 0. The van der Waals surface area contributed by atoms with Crippen LogP contribution in [0, 0.1) is 0 Å². The standard InChI is InChI=1S/C22H42O5/c1-2-3-4-5-6-7-8-9-10-11-12-13-14-15-16-26-20-18-27-22(21(20)25)19(24)17-23/h3-4,19-25H,2,5-18H2,1H3/b4-3+/t19-,20+,21-,22-/m1/s1. The molecule has 1 fully saturated rings. The first-order valence-electron chi connectivity index (χ1n) is 11.1. The Bertz CT molecular complexity index is 361. The van der Waals surface area contributed by atoms with Crippen molar-refractivity contribution >= 4 is 0 Å². The Hall–Kier alpha value is -0.460. The first-order chi connectivity index (χ1) is 13.2. The highest BCUT2D eigenvalue weighted by molar-refractivity contribution is 4.88. The van der Waals surface area contributed by atoms with Crippen LogP contribution in [-0.4, -0.2) is 59.6 Å². The highest BCUT2D eigenvalue weighted by Gasteiger charge is 2.40. The normalized spacial score (nSPS) is 24.1. The summed E-state index contributed by atoms with van der Waals surface area (Å²) in [7, 11) is 0. The topological polar surface area (TPSA) is 79.2 Å². The third-order valence-electron chi connectivity index (χ3n) is 5.24. The molecule has 1 heterocycles. The SMILES string of the molecule is CC/C=C/CCCCCCCCCCCCO[C@H]1CO[C@H]([C@H](O)CO)[C@@H]1O. The Kier molecular flexibility index (Phi) is 15.0. The lowest BCUT2D eigenvalue weighted by atomic mass is 10.1. The van der Waals surface area contributed by atoms with Crippen molar-refractivity contribution in [1.29, 1.82) is 0 Å². The van der Waals surface area contributed by atoms with Crippen LogP contribution in [0.2, 0.25) is 0 Å². The average molecular weight is 387 g/mol. The molecule has 0 spiro atoms. The Labute approximate surface area is 165 Å². The Morgan fingerprint density at radius 3 is 2.15 bits per heavy atom. The maximum absolute atomic E-state index is 10.0. The van der Waals surface area contributed by atoms with Crippen molar-refractivity contribution in [2.45, 2.75) is 108 Å². The van der Waals surface area contributed by atoms with Gasteiger partial charge in [0.05, 0.1) is 13.2 Å². The van der Waals surface area contributed by atoms with Crippen LogP contribution in [0.1, 0.15) is 84.0 Å². The number of aliphatic hydroxyl groups is 3. The minimum Gasteiger partial charge on any atom is -0.394 e. The third kappa shape index (κ3) is 11.2. The second-order valence-corrected chi connectivity index (χ2v) is 7.65. The van der Waals surface area contributed by atoms with Crippen molar-refractivity contribution in [3.8, 4) is 0 Å². The number of allylic oxidation sites excluding steroid dienone is 2. The van der Waals surface area contributed by atoms with Crippen LogP contribution in [0.5, 0.6) is 0 Å². The van der Waals surface area contributed by atoms with Crippen LogP contribution in [0.3, 0.4) is 0 Å².